The van der Waals surface area contributed by atoms with E-state index in [1.807, 2.05) is 0 Å². The van der Waals surface area contributed by atoms with E-state index in [0.717, 1.165) is 25.2 Å². The lowest BCUT2D eigenvalue weighted by Gasteiger charge is -2.13. The monoisotopic (exact) mass is 171 g/mol. The predicted octanol–water partition coefficient (Wildman–Crippen LogP) is 3.61. The zero-order chi connectivity index (χ0) is 9.40. The molecule has 0 N–H and O–H groups in total. The summed E-state index contributed by atoms with van der Waals surface area (Å²) in [5.74, 6) is 1.28. The molecule has 0 fully saturated rings. The highest BCUT2D eigenvalue weighted by Crippen LogP contribution is 2.17. The molecule has 0 heterocycles. The van der Waals surface area contributed by atoms with Crippen LogP contribution in [-0.2, 0) is 0 Å². The van der Waals surface area contributed by atoms with Gasteiger partial charge in [-0.3, -0.25) is 0 Å². The van der Waals surface area contributed by atoms with E-state index in [2.05, 4.69) is 25.9 Å². The molecule has 0 saturated carbocycles. The first-order chi connectivity index (χ1) is 5.70. The Balaban J connectivity index is 3.54. The van der Waals surface area contributed by atoms with E-state index >= 15 is 0 Å². The third-order valence-corrected chi connectivity index (χ3v) is 2.18. The molecule has 0 aliphatic heterocycles. The molecule has 0 aromatic heterocycles. The lowest BCUT2D eigenvalue weighted by Crippen LogP contribution is -2.05. The molecule has 1 atom stereocenters. The first-order valence-corrected chi connectivity index (χ1v) is 4.99. The van der Waals surface area contributed by atoms with Crippen molar-refractivity contribution >= 4 is 0 Å². The highest BCUT2D eigenvalue weighted by atomic mass is 16.3. The summed E-state index contributed by atoms with van der Waals surface area (Å²) in [6.45, 7) is 7.11. The van der Waals surface area contributed by atoms with Gasteiger partial charge in [0.1, 0.15) is 0 Å². The van der Waals surface area contributed by atoms with Gasteiger partial charge >= 0.3 is 0 Å². The minimum atomic E-state index is 0.514. The van der Waals surface area contributed by atoms with Crippen molar-refractivity contribution in [1.29, 1.82) is 0 Å². The summed E-state index contributed by atoms with van der Waals surface area (Å²) < 4.78 is 0. The van der Waals surface area contributed by atoms with Crippen molar-refractivity contribution in [3.63, 3.8) is 0 Å². The fourth-order valence-electron chi connectivity index (χ4n) is 1.41. The predicted molar refractivity (Wildman–Crippen MR) is 53.1 cm³/mol. The second-order valence-electron chi connectivity index (χ2n) is 3.94. The van der Waals surface area contributed by atoms with Crippen molar-refractivity contribution in [3.8, 4) is 0 Å². The third-order valence-electron chi connectivity index (χ3n) is 2.18. The van der Waals surface area contributed by atoms with Crippen LogP contribution in [0.1, 0.15) is 46.5 Å². The fourth-order valence-corrected chi connectivity index (χ4v) is 1.41. The summed E-state index contributed by atoms with van der Waals surface area (Å²) in [6.07, 6.45) is 4.70. The number of hydrogen-bond donors (Lipinski definition) is 0. The first-order valence-electron chi connectivity index (χ1n) is 4.99. The molecule has 0 aromatic rings. The fraction of sp³-hybridized carbons (Fsp3) is 1.00. The summed E-state index contributed by atoms with van der Waals surface area (Å²) >= 11 is 0. The number of nitrogens with zero attached hydrogens (tertiary/aromatic N) is 1. The molecule has 2 nitrogen and oxygen atoms in total. The van der Waals surface area contributed by atoms with E-state index in [0.29, 0.717) is 12.5 Å². The minimum absolute atomic E-state index is 0.514. The lowest BCUT2D eigenvalue weighted by molar-refractivity contribution is 0.405. The Morgan fingerprint density at radius 3 is 2.25 bits per heavy atom. The minimum Gasteiger partial charge on any atom is -0.151 e. The Bertz CT molecular complexity index is 112. The Morgan fingerprint density at radius 1 is 1.17 bits per heavy atom. The molecule has 72 valence electrons. The number of rotatable bonds is 7. The number of hydrogen-bond acceptors (Lipinski definition) is 2. The smallest absolute Gasteiger partial charge is 0.0839 e. The summed E-state index contributed by atoms with van der Waals surface area (Å²) in [5.41, 5.74) is 0. The van der Waals surface area contributed by atoms with Crippen LogP contribution in [0.3, 0.4) is 0 Å². The van der Waals surface area contributed by atoms with Gasteiger partial charge in [-0.1, -0.05) is 38.8 Å². The normalized spacial score (nSPS) is 13.3. The molecule has 0 bridgehead atoms. The van der Waals surface area contributed by atoms with Gasteiger partial charge in [-0.2, -0.15) is 4.91 Å². The zero-order valence-electron chi connectivity index (χ0n) is 8.55. The molecule has 0 aromatic carbocycles. The van der Waals surface area contributed by atoms with Gasteiger partial charge in [-0.05, 0) is 24.7 Å². The van der Waals surface area contributed by atoms with Crippen molar-refractivity contribution in [2.24, 2.45) is 17.0 Å². The largest absolute Gasteiger partial charge is 0.151 e. The second kappa shape index (κ2) is 7.26. The Labute approximate surface area is 75.7 Å². The zero-order valence-corrected chi connectivity index (χ0v) is 8.55. The van der Waals surface area contributed by atoms with E-state index in [-0.39, 0.29) is 0 Å². The molecular weight excluding hydrogens is 150 g/mol. The van der Waals surface area contributed by atoms with Crippen LogP contribution in [0, 0.1) is 16.7 Å². The topological polar surface area (TPSA) is 29.4 Å². The quantitative estimate of drug-likeness (QED) is 0.538. The van der Waals surface area contributed by atoms with Crippen LogP contribution in [0.2, 0.25) is 0 Å². The van der Waals surface area contributed by atoms with E-state index in [1.54, 1.807) is 0 Å². The summed E-state index contributed by atoms with van der Waals surface area (Å²) in [6, 6.07) is 0. The Kier molecular flexibility index (Phi) is 7.02. The molecule has 1 unspecified atom stereocenters. The molecular formula is C10H21NO. The maximum Gasteiger partial charge on any atom is 0.0839 e. The molecule has 2 heteroatoms. The van der Waals surface area contributed by atoms with Gasteiger partial charge < -0.3 is 0 Å². The molecule has 0 aliphatic rings. The highest BCUT2D eigenvalue weighted by molar-refractivity contribution is 4.62. The molecule has 0 saturated heterocycles. The van der Waals surface area contributed by atoms with Gasteiger partial charge in [-0.15, -0.1) is 0 Å². The van der Waals surface area contributed by atoms with Gasteiger partial charge in [0.2, 0.25) is 0 Å². The van der Waals surface area contributed by atoms with Crippen LogP contribution in [0.4, 0.5) is 0 Å². The molecule has 0 amide bonds. The maximum atomic E-state index is 10.1. The highest BCUT2D eigenvalue weighted by Gasteiger charge is 2.08. The van der Waals surface area contributed by atoms with E-state index in [4.69, 9.17) is 0 Å². The average molecular weight is 171 g/mol. The van der Waals surface area contributed by atoms with Crippen LogP contribution in [0.5, 0.6) is 0 Å². The van der Waals surface area contributed by atoms with Crippen LogP contribution in [-0.4, -0.2) is 6.54 Å². The Morgan fingerprint density at radius 2 is 1.83 bits per heavy atom. The summed E-state index contributed by atoms with van der Waals surface area (Å²) in [7, 11) is 0. The van der Waals surface area contributed by atoms with Gasteiger partial charge in [0.05, 0.1) is 6.54 Å². The summed E-state index contributed by atoms with van der Waals surface area (Å²) in [5, 5.41) is 2.98. The average Bonchev–Trinajstić information content (AvgIpc) is 2.01. The van der Waals surface area contributed by atoms with Gasteiger partial charge in [0.15, 0.2) is 0 Å². The van der Waals surface area contributed by atoms with E-state index < -0.39 is 0 Å². The standard InChI is InChI=1S/C10H21NO/c1-4-5-10(8-11-12)7-6-9(2)3/h9-10H,4-8H2,1-3H3. The number of nitroso groups, excluding NO2 is 1. The first kappa shape index (κ1) is 11.6. The van der Waals surface area contributed by atoms with E-state index in [9.17, 15) is 4.91 Å². The van der Waals surface area contributed by atoms with Crippen LogP contribution in [0.25, 0.3) is 0 Å². The third kappa shape index (κ3) is 6.32. The van der Waals surface area contributed by atoms with Crippen LogP contribution in [0.15, 0.2) is 5.18 Å². The van der Waals surface area contributed by atoms with Crippen LogP contribution < -0.4 is 0 Å². The molecule has 0 radical (unpaired) electrons. The van der Waals surface area contributed by atoms with E-state index in [1.165, 1.54) is 6.42 Å². The lowest BCUT2D eigenvalue weighted by atomic mass is 9.94. The van der Waals surface area contributed by atoms with Crippen molar-refractivity contribution in [3.05, 3.63) is 4.91 Å². The SMILES string of the molecule is CCCC(CCC(C)C)CN=O. The van der Waals surface area contributed by atoms with Crippen molar-refractivity contribution in [2.75, 3.05) is 6.54 Å². The Hall–Kier alpha value is -0.400. The molecule has 0 rings (SSSR count). The van der Waals surface area contributed by atoms with Gasteiger partial charge in [0.25, 0.3) is 0 Å². The summed E-state index contributed by atoms with van der Waals surface area (Å²) in [4.78, 5) is 10.1. The second-order valence-corrected chi connectivity index (χ2v) is 3.94. The van der Waals surface area contributed by atoms with Crippen molar-refractivity contribution in [2.45, 2.75) is 46.5 Å². The molecule has 12 heavy (non-hydrogen) atoms. The maximum absolute atomic E-state index is 10.1. The molecule has 0 spiro atoms. The molecule has 0 aliphatic carbocycles. The van der Waals surface area contributed by atoms with Gasteiger partial charge in [-0.25, -0.2) is 0 Å². The van der Waals surface area contributed by atoms with Crippen molar-refractivity contribution < 1.29 is 0 Å². The van der Waals surface area contributed by atoms with Crippen LogP contribution >= 0.6 is 0 Å². The van der Waals surface area contributed by atoms with Gasteiger partial charge in [0, 0.05) is 0 Å². The van der Waals surface area contributed by atoms with Crippen molar-refractivity contribution in [1.82, 2.24) is 0 Å².